The van der Waals surface area contributed by atoms with Crippen LogP contribution in [-0.2, 0) is 26.0 Å². The predicted octanol–water partition coefficient (Wildman–Crippen LogP) is 1.11. The average Bonchev–Trinajstić information content (AvgIpc) is 2.97. The molecule has 0 radical (unpaired) electrons. The third-order valence-corrected chi connectivity index (χ3v) is 5.46. The largest absolute Gasteiger partial charge is 0.352 e. The molecule has 1 fully saturated rings. The number of sulfonamides is 1. The molecule has 1 aliphatic carbocycles. The van der Waals surface area contributed by atoms with Gasteiger partial charge in [-0.2, -0.15) is 5.10 Å². The number of aromatic nitrogens is 2. The zero-order chi connectivity index (χ0) is 15.5. The molecule has 0 saturated heterocycles. The molecule has 1 aliphatic rings. The van der Waals surface area contributed by atoms with Crippen molar-refractivity contribution in [1.82, 2.24) is 14.5 Å². The van der Waals surface area contributed by atoms with E-state index in [1.54, 1.807) is 18.9 Å². The van der Waals surface area contributed by atoms with Crippen molar-refractivity contribution in [1.29, 1.82) is 0 Å². The first-order valence-corrected chi connectivity index (χ1v) is 8.61. The Bertz CT molecular complexity index is 566. The summed E-state index contributed by atoms with van der Waals surface area (Å²) >= 11 is 0. The summed E-state index contributed by atoms with van der Waals surface area (Å²) in [7, 11) is -0.540. The molecule has 21 heavy (non-hydrogen) atoms. The molecule has 7 nitrogen and oxygen atoms in total. The van der Waals surface area contributed by atoms with Crippen LogP contribution >= 0.6 is 0 Å². The monoisotopic (exact) mass is 317 g/mol. The fourth-order valence-electron chi connectivity index (χ4n) is 2.75. The summed E-state index contributed by atoms with van der Waals surface area (Å²) in [5.74, 6) is -0.897. The summed E-state index contributed by atoms with van der Waals surface area (Å²) < 4.78 is 40.2. The van der Waals surface area contributed by atoms with Crippen molar-refractivity contribution in [2.24, 2.45) is 0 Å². The molecule has 2 rings (SSSR count). The number of nitrogens with zero attached hydrogens (tertiary/aromatic N) is 2. The van der Waals surface area contributed by atoms with E-state index in [1.165, 1.54) is 12.4 Å². The normalized spacial score (nSPS) is 22.3. The highest BCUT2D eigenvalue weighted by Crippen LogP contribution is 2.33. The quantitative estimate of drug-likeness (QED) is 0.795. The molecule has 120 valence electrons. The lowest BCUT2D eigenvalue weighted by molar-refractivity contribution is -0.235. The van der Waals surface area contributed by atoms with Crippen LogP contribution < -0.4 is 4.72 Å². The van der Waals surface area contributed by atoms with Gasteiger partial charge < -0.3 is 9.47 Å². The van der Waals surface area contributed by atoms with Crippen LogP contribution in [0.2, 0.25) is 0 Å². The van der Waals surface area contributed by atoms with E-state index < -0.39 is 21.9 Å². The number of nitrogens with one attached hydrogen (secondary N) is 1. The zero-order valence-corrected chi connectivity index (χ0v) is 13.5. The van der Waals surface area contributed by atoms with Crippen LogP contribution in [0, 0.1) is 0 Å². The Morgan fingerprint density at radius 1 is 1.43 bits per heavy atom. The van der Waals surface area contributed by atoms with Crippen molar-refractivity contribution < 1.29 is 17.9 Å². The Hall–Kier alpha value is -0.960. The van der Waals surface area contributed by atoms with Crippen molar-refractivity contribution in [3.63, 3.8) is 0 Å². The number of rotatable bonds is 6. The topological polar surface area (TPSA) is 82.5 Å². The highest BCUT2D eigenvalue weighted by Gasteiger charge is 2.43. The summed E-state index contributed by atoms with van der Waals surface area (Å²) in [6.45, 7) is 2.53. The maximum Gasteiger partial charge on any atom is 0.244 e. The second-order valence-electron chi connectivity index (χ2n) is 5.17. The summed E-state index contributed by atoms with van der Waals surface area (Å²) in [4.78, 5) is 0.163. The van der Waals surface area contributed by atoms with Crippen LogP contribution in [-0.4, -0.2) is 44.2 Å². The van der Waals surface area contributed by atoms with E-state index in [0.717, 1.165) is 12.8 Å². The van der Waals surface area contributed by atoms with Gasteiger partial charge in [-0.15, -0.1) is 0 Å². The smallest absolute Gasteiger partial charge is 0.244 e. The molecule has 1 heterocycles. The third kappa shape index (κ3) is 3.28. The van der Waals surface area contributed by atoms with Crippen LogP contribution in [0.15, 0.2) is 17.3 Å². The summed E-state index contributed by atoms with van der Waals surface area (Å²) in [6, 6.07) is -0.406. The first-order chi connectivity index (χ1) is 9.97. The van der Waals surface area contributed by atoms with Gasteiger partial charge in [0.2, 0.25) is 10.0 Å². The van der Waals surface area contributed by atoms with Crippen molar-refractivity contribution in [2.75, 3.05) is 14.2 Å². The van der Waals surface area contributed by atoms with Gasteiger partial charge in [0.25, 0.3) is 0 Å². The van der Waals surface area contributed by atoms with Gasteiger partial charge in [-0.1, -0.05) is 6.42 Å². The molecule has 0 amide bonds. The number of hydrogen-bond donors (Lipinski definition) is 1. The van der Waals surface area contributed by atoms with Crippen molar-refractivity contribution in [2.45, 2.75) is 55.9 Å². The molecule has 1 aromatic rings. The van der Waals surface area contributed by atoms with Gasteiger partial charge in [-0.05, 0) is 19.8 Å². The maximum absolute atomic E-state index is 12.5. The van der Waals surface area contributed by atoms with Crippen LogP contribution in [0.1, 0.15) is 32.6 Å². The van der Waals surface area contributed by atoms with Gasteiger partial charge in [-0.25, -0.2) is 13.1 Å². The number of aryl methyl sites for hydroxylation is 1. The molecule has 8 heteroatoms. The van der Waals surface area contributed by atoms with Gasteiger partial charge in [0.05, 0.1) is 12.2 Å². The molecule has 1 unspecified atom stereocenters. The van der Waals surface area contributed by atoms with Gasteiger partial charge in [-0.3, -0.25) is 4.68 Å². The summed E-state index contributed by atoms with van der Waals surface area (Å²) in [5, 5.41) is 4.01. The SMILES string of the molecule is CCn1cc(S(=O)(=O)NC2CCCCC2(OC)OC)cn1. The Morgan fingerprint density at radius 3 is 2.71 bits per heavy atom. The maximum atomic E-state index is 12.5. The van der Waals surface area contributed by atoms with Gasteiger partial charge in [0.1, 0.15) is 4.90 Å². The lowest BCUT2D eigenvalue weighted by atomic mass is 9.89. The second kappa shape index (κ2) is 6.43. The lowest BCUT2D eigenvalue weighted by Gasteiger charge is -2.41. The highest BCUT2D eigenvalue weighted by molar-refractivity contribution is 7.89. The fourth-order valence-corrected chi connectivity index (χ4v) is 4.00. The molecular formula is C13H23N3O4S. The Kier molecular flexibility index (Phi) is 5.03. The summed E-state index contributed by atoms with van der Waals surface area (Å²) in [6.07, 6.45) is 6.12. The van der Waals surface area contributed by atoms with E-state index in [2.05, 4.69) is 9.82 Å². The minimum Gasteiger partial charge on any atom is -0.352 e. The predicted molar refractivity (Wildman–Crippen MR) is 77.2 cm³/mol. The van der Waals surface area contributed by atoms with Crippen LogP contribution in [0.3, 0.4) is 0 Å². The van der Waals surface area contributed by atoms with E-state index in [1.807, 2.05) is 6.92 Å². The molecule has 0 aromatic carbocycles. The van der Waals surface area contributed by atoms with Crippen molar-refractivity contribution >= 4 is 10.0 Å². The molecule has 1 N–H and O–H groups in total. The standard InChI is InChI=1S/C13H23N3O4S/c1-4-16-10-11(9-14-16)21(17,18)15-12-7-5-6-8-13(12,19-2)20-3/h9-10,12,15H,4-8H2,1-3H3. The Morgan fingerprint density at radius 2 is 2.14 bits per heavy atom. The fraction of sp³-hybridized carbons (Fsp3) is 0.769. The van der Waals surface area contributed by atoms with Gasteiger partial charge in [0.15, 0.2) is 5.79 Å². The third-order valence-electron chi connectivity index (χ3n) is 4.03. The minimum absolute atomic E-state index is 0.163. The molecule has 0 bridgehead atoms. The molecular weight excluding hydrogens is 294 g/mol. The number of ether oxygens (including phenoxy) is 2. The van der Waals surface area contributed by atoms with Crippen LogP contribution in [0.25, 0.3) is 0 Å². The van der Waals surface area contributed by atoms with E-state index in [0.29, 0.717) is 19.4 Å². The molecule has 1 aromatic heterocycles. The minimum atomic E-state index is -3.63. The van der Waals surface area contributed by atoms with E-state index in [9.17, 15) is 8.42 Å². The number of hydrogen-bond acceptors (Lipinski definition) is 5. The zero-order valence-electron chi connectivity index (χ0n) is 12.7. The molecule has 0 aliphatic heterocycles. The van der Waals surface area contributed by atoms with Gasteiger partial charge >= 0.3 is 0 Å². The first-order valence-electron chi connectivity index (χ1n) is 7.12. The molecule has 1 saturated carbocycles. The average molecular weight is 317 g/mol. The molecule has 1 atom stereocenters. The van der Waals surface area contributed by atoms with Crippen molar-refractivity contribution in [3.05, 3.63) is 12.4 Å². The molecule has 0 spiro atoms. The number of methoxy groups -OCH3 is 2. The van der Waals surface area contributed by atoms with Crippen molar-refractivity contribution in [3.8, 4) is 0 Å². The van der Waals surface area contributed by atoms with Crippen LogP contribution in [0.5, 0.6) is 0 Å². The van der Waals surface area contributed by atoms with E-state index >= 15 is 0 Å². The van der Waals surface area contributed by atoms with Gasteiger partial charge in [0, 0.05) is 33.4 Å². The highest BCUT2D eigenvalue weighted by atomic mass is 32.2. The Labute approximate surface area is 125 Å². The first kappa shape index (κ1) is 16.4. The van der Waals surface area contributed by atoms with Crippen LogP contribution in [0.4, 0.5) is 0 Å². The van der Waals surface area contributed by atoms with E-state index in [4.69, 9.17) is 9.47 Å². The Balaban J connectivity index is 2.21. The summed E-state index contributed by atoms with van der Waals surface area (Å²) in [5.41, 5.74) is 0. The second-order valence-corrected chi connectivity index (χ2v) is 6.89. The lowest BCUT2D eigenvalue weighted by Crippen LogP contribution is -2.56. The van der Waals surface area contributed by atoms with E-state index in [-0.39, 0.29) is 4.90 Å².